The van der Waals surface area contributed by atoms with Crippen LogP contribution in [0.15, 0.2) is 74.4 Å². The van der Waals surface area contributed by atoms with Gasteiger partial charge in [0.25, 0.3) is 5.91 Å². The Morgan fingerprint density at radius 1 is 1.04 bits per heavy atom. The molecule has 1 amide bonds. The van der Waals surface area contributed by atoms with Crippen molar-refractivity contribution in [3.05, 3.63) is 82.6 Å². The standard InChI is InChI=1S/C20H21BrN2O3/c1-15(16-6-8-17(21)9-7-16)22-20(24)14-23(12-18-4-2-10-25-18)13-19-5-3-11-26-19/h2-11,15H,12-14H2,1H3,(H,22,24)/p+1/t15-/m0/s1. The highest BCUT2D eigenvalue weighted by Gasteiger charge is 2.19. The van der Waals surface area contributed by atoms with Crippen LogP contribution in [0, 0.1) is 0 Å². The van der Waals surface area contributed by atoms with Gasteiger partial charge < -0.3 is 19.1 Å². The van der Waals surface area contributed by atoms with Gasteiger partial charge in [-0.15, -0.1) is 0 Å². The minimum atomic E-state index is -0.0518. The lowest BCUT2D eigenvalue weighted by molar-refractivity contribution is -0.921. The zero-order valence-corrected chi connectivity index (χ0v) is 16.2. The first-order chi connectivity index (χ1) is 12.6. The number of nitrogens with one attached hydrogen (secondary N) is 2. The zero-order valence-electron chi connectivity index (χ0n) is 14.6. The number of carbonyl (C=O) groups excluding carboxylic acids is 1. The molecule has 0 saturated carbocycles. The molecule has 0 saturated heterocycles. The van der Waals surface area contributed by atoms with E-state index in [0.29, 0.717) is 19.6 Å². The summed E-state index contributed by atoms with van der Waals surface area (Å²) >= 11 is 3.43. The Morgan fingerprint density at radius 2 is 1.62 bits per heavy atom. The number of quaternary nitrogens is 1. The molecule has 0 aliphatic rings. The molecule has 0 bridgehead atoms. The molecule has 0 aliphatic heterocycles. The lowest BCUT2D eigenvalue weighted by Crippen LogP contribution is -3.10. The molecule has 0 aliphatic carbocycles. The van der Waals surface area contributed by atoms with Crippen LogP contribution < -0.4 is 10.2 Å². The molecule has 0 fully saturated rings. The number of hydrogen-bond acceptors (Lipinski definition) is 3. The molecule has 6 heteroatoms. The topological polar surface area (TPSA) is 59.8 Å². The predicted molar refractivity (Wildman–Crippen MR) is 101 cm³/mol. The van der Waals surface area contributed by atoms with Crippen LogP contribution in [0.1, 0.15) is 30.0 Å². The summed E-state index contributed by atoms with van der Waals surface area (Å²) in [4.78, 5) is 13.6. The van der Waals surface area contributed by atoms with Gasteiger partial charge in [-0.1, -0.05) is 28.1 Å². The van der Waals surface area contributed by atoms with E-state index in [1.165, 1.54) is 0 Å². The normalized spacial score (nSPS) is 12.3. The Hall–Kier alpha value is -2.31. The fraction of sp³-hybridized carbons (Fsp3) is 0.250. The van der Waals surface area contributed by atoms with Gasteiger partial charge in [0.1, 0.15) is 13.1 Å². The SMILES string of the molecule is C[C@H](NC(=O)C[NH+](Cc1ccco1)Cc1ccco1)c1ccc(Br)cc1. The highest BCUT2D eigenvalue weighted by Crippen LogP contribution is 2.16. The Morgan fingerprint density at radius 3 is 2.12 bits per heavy atom. The van der Waals surface area contributed by atoms with E-state index in [-0.39, 0.29) is 11.9 Å². The van der Waals surface area contributed by atoms with Crippen LogP contribution in [0.5, 0.6) is 0 Å². The van der Waals surface area contributed by atoms with Crippen molar-refractivity contribution < 1.29 is 18.5 Å². The van der Waals surface area contributed by atoms with Crippen molar-refractivity contribution in [2.24, 2.45) is 0 Å². The quantitative estimate of drug-likeness (QED) is 0.591. The summed E-state index contributed by atoms with van der Waals surface area (Å²) in [5.74, 6) is 1.69. The second-order valence-electron chi connectivity index (χ2n) is 6.28. The fourth-order valence-electron chi connectivity index (χ4n) is 2.86. The zero-order chi connectivity index (χ0) is 18.4. The first-order valence-electron chi connectivity index (χ1n) is 8.53. The Labute approximate surface area is 161 Å². The third kappa shape index (κ3) is 5.34. The van der Waals surface area contributed by atoms with Crippen molar-refractivity contribution >= 4 is 21.8 Å². The smallest absolute Gasteiger partial charge is 0.275 e. The van der Waals surface area contributed by atoms with Gasteiger partial charge in [-0.2, -0.15) is 0 Å². The summed E-state index contributed by atoms with van der Waals surface area (Å²) in [6, 6.07) is 15.5. The van der Waals surface area contributed by atoms with E-state index in [4.69, 9.17) is 8.83 Å². The third-order valence-corrected chi connectivity index (χ3v) is 4.70. The van der Waals surface area contributed by atoms with Gasteiger partial charge in [0.2, 0.25) is 0 Å². The first-order valence-corrected chi connectivity index (χ1v) is 9.32. The number of benzene rings is 1. The van der Waals surface area contributed by atoms with Crippen LogP contribution in [0.25, 0.3) is 0 Å². The maximum absolute atomic E-state index is 12.6. The summed E-state index contributed by atoms with van der Waals surface area (Å²) < 4.78 is 11.9. The molecule has 3 aromatic rings. The van der Waals surface area contributed by atoms with Crippen LogP contribution in [0.2, 0.25) is 0 Å². The lowest BCUT2D eigenvalue weighted by atomic mass is 10.1. The van der Waals surface area contributed by atoms with E-state index in [1.54, 1.807) is 12.5 Å². The van der Waals surface area contributed by atoms with Crippen molar-refractivity contribution in [3.8, 4) is 0 Å². The molecule has 0 radical (unpaired) electrons. The number of hydrogen-bond donors (Lipinski definition) is 2. The van der Waals surface area contributed by atoms with Gasteiger partial charge in [-0.05, 0) is 48.9 Å². The van der Waals surface area contributed by atoms with Gasteiger partial charge >= 0.3 is 0 Å². The molecule has 2 heterocycles. The molecule has 0 unspecified atom stereocenters. The maximum atomic E-state index is 12.6. The number of rotatable bonds is 8. The highest BCUT2D eigenvalue weighted by molar-refractivity contribution is 9.10. The molecular formula is C20H22BrN2O3+. The van der Waals surface area contributed by atoms with Crippen LogP contribution in [-0.4, -0.2) is 12.5 Å². The largest absolute Gasteiger partial charge is 0.463 e. The molecular weight excluding hydrogens is 396 g/mol. The summed E-state index contributed by atoms with van der Waals surface area (Å²) in [7, 11) is 0. The van der Waals surface area contributed by atoms with Crippen molar-refractivity contribution in [3.63, 3.8) is 0 Å². The maximum Gasteiger partial charge on any atom is 0.275 e. The van der Waals surface area contributed by atoms with E-state index in [2.05, 4.69) is 21.2 Å². The van der Waals surface area contributed by atoms with Crippen LogP contribution in [-0.2, 0) is 17.9 Å². The predicted octanol–water partition coefficient (Wildman–Crippen LogP) is 3.10. The third-order valence-electron chi connectivity index (χ3n) is 4.17. The molecule has 2 N–H and O–H groups in total. The molecule has 1 aromatic carbocycles. The minimum Gasteiger partial charge on any atom is -0.463 e. The average Bonchev–Trinajstić information content (AvgIpc) is 3.29. The number of amides is 1. The minimum absolute atomic E-state index is 0.00599. The van der Waals surface area contributed by atoms with E-state index >= 15 is 0 Å². The van der Waals surface area contributed by atoms with Gasteiger partial charge in [0, 0.05) is 4.47 Å². The van der Waals surface area contributed by atoms with Crippen LogP contribution >= 0.6 is 15.9 Å². The monoisotopic (exact) mass is 417 g/mol. The van der Waals surface area contributed by atoms with Crippen molar-refractivity contribution in [1.82, 2.24) is 5.32 Å². The van der Waals surface area contributed by atoms with Gasteiger partial charge in [0.15, 0.2) is 18.1 Å². The average molecular weight is 418 g/mol. The highest BCUT2D eigenvalue weighted by atomic mass is 79.9. The summed E-state index contributed by atoms with van der Waals surface area (Å²) in [6.07, 6.45) is 3.30. The number of halogens is 1. The van der Waals surface area contributed by atoms with E-state index in [9.17, 15) is 4.79 Å². The lowest BCUT2D eigenvalue weighted by Gasteiger charge is -2.19. The molecule has 136 valence electrons. The van der Waals surface area contributed by atoms with Crippen LogP contribution in [0.3, 0.4) is 0 Å². The van der Waals surface area contributed by atoms with Crippen molar-refractivity contribution in [2.45, 2.75) is 26.1 Å². The summed E-state index contributed by atoms with van der Waals surface area (Å²) in [5.41, 5.74) is 1.07. The molecule has 1 atom stereocenters. The first kappa shape index (κ1) is 18.5. The molecule has 3 rings (SSSR count). The van der Waals surface area contributed by atoms with Gasteiger partial charge in [0.05, 0.1) is 18.6 Å². The van der Waals surface area contributed by atoms with Gasteiger partial charge in [-0.25, -0.2) is 0 Å². The molecule has 2 aromatic heterocycles. The van der Waals surface area contributed by atoms with Crippen molar-refractivity contribution in [2.75, 3.05) is 6.54 Å². The summed E-state index contributed by atoms with van der Waals surface area (Å²) in [5, 5.41) is 3.07. The molecule has 26 heavy (non-hydrogen) atoms. The summed E-state index contributed by atoms with van der Waals surface area (Å²) in [6.45, 7) is 3.56. The Bertz CT molecular complexity index is 762. The second kappa shape index (κ2) is 8.87. The molecule has 0 spiro atoms. The second-order valence-corrected chi connectivity index (χ2v) is 7.20. The van der Waals surface area contributed by atoms with E-state index in [1.807, 2.05) is 55.5 Å². The van der Waals surface area contributed by atoms with E-state index < -0.39 is 0 Å². The fourth-order valence-corrected chi connectivity index (χ4v) is 3.13. The van der Waals surface area contributed by atoms with E-state index in [0.717, 1.165) is 26.5 Å². The van der Waals surface area contributed by atoms with Crippen molar-refractivity contribution in [1.29, 1.82) is 0 Å². The number of furan rings is 2. The Kier molecular flexibility index (Phi) is 6.30. The van der Waals surface area contributed by atoms with Gasteiger partial charge in [-0.3, -0.25) is 4.79 Å². The molecule has 5 nitrogen and oxygen atoms in total. The number of carbonyl (C=O) groups is 1. The Balaban J connectivity index is 1.61. The van der Waals surface area contributed by atoms with Crippen LogP contribution in [0.4, 0.5) is 0 Å².